The number of para-hydroxylation sites is 1. The molecule has 0 saturated carbocycles. The SMILES string of the molecule is Nc1ccccc1C(O)CN1CCCC1c1ccncc1. The molecular weight excluding hydrogens is 262 g/mol. The Kier molecular flexibility index (Phi) is 4.18. The molecule has 1 saturated heterocycles. The molecule has 0 aliphatic carbocycles. The standard InChI is InChI=1S/C17H21N3O/c18-15-5-2-1-4-14(15)17(21)12-20-11-3-6-16(20)13-7-9-19-10-8-13/h1-2,4-5,7-10,16-17,21H,3,6,11-12,18H2. The highest BCUT2D eigenvalue weighted by Gasteiger charge is 2.28. The van der Waals surface area contributed by atoms with Crippen LogP contribution in [0, 0.1) is 0 Å². The van der Waals surface area contributed by atoms with Gasteiger partial charge in [0.05, 0.1) is 6.10 Å². The molecular formula is C17H21N3O. The minimum Gasteiger partial charge on any atom is -0.398 e. The van der Waals surface area contributed by atoms with Crippen LogP contribution in [0.25, 0.3) is 0 Å². The molecule has 0 radical (unpaired) electrons. The fraction of sp³-hybridized carbons (Fsp3) is 0.353. The van der Waals surface area contributed by atoms with E-state index in [1.165, 1.54) is 5.56 Å². The van der Waals surface area contributed by atoms with E-state index in [0.717, 1.165) is 24.9 Å². The third kappa shape index (κ3) is 3.06. The largest absolute Gasteiger partial charge is 0.398 e. The highest BCUT2D eigenvalue weighted by Crippen LogP contribution is 2.33. The summed E-state index contributed by atoms with van der Waals surface area (Å²) < 4.78 is 0. The van der Waals surface area contributed by atoms with Gasteiger partial charge in [0.15, 0.2) is 0 Å². The number of likely N-dealkylation sites (tertiary alicyclic amines) is 1. The first-order valence-electron chi connectivity index (χ1n) is 7.42. The third-order valence-corrected chi connectivity index (χ3v) is 4.22. The van der Waals surface area contributed by atoms with Crippen LogP contribution in [0.5, 0.6) is 0 Å². The lowest BCUT2D eigenvalue weighted by Gasteiger charge is -2.27. The predicted octanol–water partition coefficient (Wildman–Crippen LogP) is 2.53. The van der Waals surface area contributed by atoms with Gasteiger partial charge in [0.25, 0.3) is 0 Å². The fourth-order valence-corrected chi connectivity index (χ4v) is 3.14. The molecule has 1 aromatic heterocycles. The van der Waals surface area contributed by atoms with Crippen molar-refractivity contribution in [3.05, 3.63) is 59.9 Å². The van der Waals surface area contributed by atoms with Gasteiger partial charge in [-0.15, -0.1) is 0 Å². The number of β-amino-alcohol motifs (C(OH)–C–C–N with tert-alkyl or cyclic N) is 1. The van der Waals surface area contributed by atoms with E-state index in [-0.39, 0.29) is 0 Å². The summed E-state index contributed by atoms with van der Waals surface area (Å²) in [6.07, 6.45) is 5.40. The Bertz CT molecular complexity index is 588. The molecule has 1 aromatic carbocycles. The first kappa shape index (κ1) is 14.0. The maximum atomic E-state index is 10.5. The van der Waals surface area contributed by atoms with Gasteiger partial charge in [-0.2, -0.15) is 0 Å². The summed E-state index contributed by atoms with van der Waals surface area (Å²) in [5.41, 5.74) is 8.70. The number of nitrogen functional groups attached to an aromatic ring is 1. The summed E-state index contributed by atoms with van der Waals surface area (Å²) in [6.45, 7) is 1.62. The summed E-state index contributed by atoms with van der Waals surface area (Å²) in [5.74, 6) is 0. The quantitative estimate of drug-likeness (QED) is 0.846. The van der Waals surface area contributed by atoms with Gasteiger partial charge in [-0.1, -0.05) is 18.2 Å². The summed E-state index contributed by atoms with van der Waals surface area (Å²) >= 11 is 0. The fourth-order valence-electron chi connectivity index (χ4n) is 3.14. The molecule has 1 aliphatic heterocycles. The van der Waals surface area contributed by atoms with Crippen molar-refractivity contribution in [2.45, 2.75) is 25.0 Å². The van der Waals surface area contributed by atoms with Gasteiger partial charge in [0.2, 0.25) is 0 Å². The molecule has 4 nitrogen and oxygen atoms in total. The van der Waals surface area contributed by atoms with Crippen molar-refractivity contribution >= 4 is 5.69 Å². The predicted molar refractivity (Wildman–Crippen MR) is 83.6 cm³/mol. The Labute approximate surface area is 125 Å². The van der Waals surface area contributed by atoms with Crippen molar-refractivity contribution < 1.29 is 5.11 Å². The smallest absolute Gasteiger partial charge is 0.0936 e. The van der Waals surface area contributed by atoms with Gasteiger partial charge in [0.1, 0.15) is 0 Å². The second-order valence-electron chi connectivity index (χ2n) is 5.58. The molecule has 4 heteroatoms. The van der Waals surface area contributed by atoms with Gasteiger partial charge < -0.3 is 10.8 Å². The number of anilines is 1. The van der Waals surface area contributed by atoms with Crippen LogP contribution in [0.15, 0.2) is 48.8 Å². The molecule has 0 amide bonds. The van der Waals surface area contributed by atoms with Crippen molar-refractivity contribution in [3.8, 4) is 0 Å². The van der Waals surface area contributed by atoms with Gasteiger partial charge in [-0.05, 0) is 43.1 Å². The number of benzene rings is 1. The van der Waals surface area contributed by atoms with Crippen LogP contribution in [0.4, 0.5) is 5.69 Å². The number of hydrogen-bond donors (Lipinski definition) is 2. The van der Waals surface area contributed by atoms with Crippen LogP contribution in [0.2, 0.25) is 0 Å². The van der Waals surface area contributed by atoms with Gasteiger partial charge in [0, 0.05) is 36.2 Å². The molecule has 21 heavy (non-hydrogen) atoms. The maximum Gasteiger partial charge on any atom is 0.0936 e. The van der Waals surface area contributed by atoms with E-state index in [2.05, 4.69) is 22.0 Å². The van der Waals surface area contributed by atoms with Gasteiger partial charge in [-0.25, -0.2) is 0 Å². The molecule has 2 heterocycles. The molecule has 2 atom stereocenters. The lowest BCUT2D eigenvalue weighted by molar-refractivity contribution is 0.107. The summed E-state index contributed by atoms with van der Waals surface area (Å²) in [5, 5.41) is 10.5. The Balaban J connectivity index is 1.73. The van der Waals surface area contributed by atoms with Crippen LogP contribution >= 0.6 is 0 Å². The number of rotatable bonds is 4. The number of aromatic nitrogens is 1. The van der Waals surface area contributed by atoms with E-state index in [1.807, 2.05) is 36.7 Å². The summed E-state index contributed by atoms with van der Waals surface area (Å²) in [4.78, 5) is 6.42. The molecule has 2 unspecified atom stereocenters. The van der Waals surface area contributed by atoms with Crippen molar-refractivity contribution in [1.82, 2.24) is 9.88 Å². The van der Waals surface area contributed by atoms with Crippen LogP contribution in [-0.2, 0) is 0 Å². The minimum atomic E-state index is -0.548. The second-order valence-corrected chi connectivity index (χ2v) is 5.58. The van der Waals surface area contributed by atoms with Crippen molar-refractivity contribution in [2.75, 3.05) is 18.8 Å². The molecule has 1 aliphatic rings. The Morgan fingerprint density at radius 2 is 2.00 bits per heavy atom. The Hall–Kier alpha value is -1.91. The zero-order valence-electron chi connectivity index (χ0n) is 12.0. The van der Waals surface area contributed by atoms with E-state index in [4.69, 9.17) is 5.73 Å². The van der Waals surface area contributed by atoms with E-state index < -0.39 is 6.10 Å². The number of aliphatic hydroxyl groups is 1. The average Bonchev–Trinajstić information content (AvgIpc) is 2.96. The van der Waals surface area contributed by atoms with Crippen molar-refractivity contribution in [2.24, 2.45) is 0 Å². The Morgan fingerprint density at radius 3 is 2.76 bits per heavy atom. The lowest BCUT2D eigenvalue weighted by Crippen LogP contribution is -2.28. The monoisotopic (exact) mass is 283 g/mol. The molecule has 1 fully saturated rings. The highest BCUT2D eigenvalue weighted by molar-refractivity contribution is 5.47. The van der Waals surface area contributed by atoms with Crippen molar-refractivity contribution in [1.29, 1.82) is 0 Å². The van der Waals surface area contributed by atoms with Crippen LogP contribution in [-0.4, -0.2) is 28.1 Å². The summed E-state index contributed by atoms with van der Waals surface area (Å²) in [7, 11) is 0. The van der Waals surface area contributed by atoms with E-state index >= 15 is 0 Å². The molecule has 3 N–H and O–H groups in total. The van der Waals surface area contributed by atoms with Crippen molar-refractivity contribution in [3.63, 3.8) is 0 Å². The van der Waals surface area contributed by atoms with E-state index in [9.17, 15) is 5.11 Å². The normalized spacial score (nSPS) is 20.5. The topological polar surface area (TPSA) is 62.4 Å². The number of nitrogens with zero attached hydrogens (tertiary/aromatic N) is 2. The van der Waals surface area contributed by atoms with Gasteiger partial charge in [-0.3, -0.25) is 9.88 Å². The Morgan fingerprint density at radius 1 is 1.24 bits per heavy atom. The molecule has 3 rings (SSSR count). The zero-order chi connectivity index (χ0) is 14.7. The van der Waals surface area contributed by atoms with Gasteiger partial charge >= 0.3 is 0 Å². The maximum absolute atomic E-state index is 10.5. The van der Waals surface area contributed by atoms with Crippen LogP contribution in [0.1, 0.15) is 36.1 Å². The third-order valence-electron chi connectivity index (χ3n) is 4.22. The van der Waals surface area contributed by atoms with E-state index in [0.29, 0.717) is 18.3 Å². The molecule has 0 spiro atoms. The lowest BCUT2D eigenvalue weighted by atomic mass is 10.0. The highest BCUT2D eigenvalue weighted by atomic mass is 16.3. The number of aliphatic hydroxyl groups excluding tert-OH is 1. The van der Waals surface area contributed by atoms with E-state index in [1.54, 1.807) is 0 Å². The molecule has 0 bridgehead atoms. The average molecular weight is 283 g/mol. The van der Waals surface area contributed by atoms with Crippen LogP contribution < -0.4 is 5.73 Å². The summed E-state index contributed by atoms with van der Waals surface area (Å²) in [6, 6.07) is 12.0. The van der Waals surface area contributed by atoms with Crippen LogP contribution in [0.3, 0.4) is 0 Å². The number of hydrogen-bond acceptors (Lipinski definition) is 4. The first-order valence-corrected chi connectivity index (χ1v) is 7.42. The minimum absolute atomic E-state index is 0.368. The first-order chi connectivity index (χ1) is 10.3. The molecule has 2 aromatic rings. The number of pyridine rings is 1. The number of nitrogens with two attached hydrogens (primary N) is 1. The second kappa shape index (κ2) is 6.24. The molecule has 110 valence electrons. The zero-order valence-corrected chi connectivity index (χ0v) is 12.0.